The second-order valence-electron chi connectivity index (χ2n) is 6.04. The largest absolute Gasteiger partial charge is 0.366 e. The minimum Gasteiger partial charge on any atom is -0.366 e. The van der Waals surface area contributed by atoms with E-state index in [1.807, 2.05) is 11.4 Å². The standard InChI is InChI=1S/C16H18ClN5OS/c17-15-11-12(19-10-4-9-24-14(10)13(11)23)16(21-20-15)18-5-8-22-6-2-1-3-7-22/h4,9H,1-3,5-8H2,(H,18,21)(H,19,23). The van der Waals surface area contributed by atoms with Crippen molar-refractivity contribution in [2.24, 2.45) is 0 Å². The van der Waals surface area contributed by atoms with Crippen molar-refractivity contribution in [1.82, 2.24) is 20.1 Å². The van der Waals surface area contributed by atoms with E-state index in [9.17, 15) is 4.79 Å². The second kappa shape index (κ2) is 6.66. The Morgan fingerprint density at radius 2 is 2.12 bits per heavy atom. The Labute approximate surface area is 147 Å². The van der Waals surface area contributed by atoms with Crippen molar-refractivity contribution in [1.29, 1.82) is 0 Å². The van der Waals surface area contributed by atoms with Crippen molar-refractivity contribution in [2.45, 2.75) is 19.3 Å². The van der Waals surface area contributed by atoms with Crippen LogP contribution in [0, 0.1) is 0 Å². The minimum absolute atomic E-state index is 0.0901. The molecule has 3 aromatic rings. The van der Waals surface area contributed by atoms with Crippen LogP contribution in [-0.4, -0.2) is 46.3 Å². The highest BCUT2D eigenvalue weighted by Gasteiger charge is 2.16. The van der Waals surface area contributed by atoms with Gasteiger partial charge in [-0.05, 0) is 37.4 Å². The zero-order valence-electron chi connectivity index (χ0n) is 13.1. The molecule has 1 fully saturated rings. The first-order valence-electron chi connectivity index (χ1n) is 8.15. The number of hydrogen-bond acceptors (Lipinski definition) is 6. The molecular formula is C16H18ClN5OS. The molecule has 0 aromatic carbocycles. The van der Waals surface area contributed by atoms with E-state index in [1.54, 1.807) is 0 Å². The van der Waals surface area contributed by atoms with Gasteiger partial charge in [0.05, 0.1) is 21.1 Å². The summed E-state index contributed by atoms with van der Waals surface area (Å²) in [6, 6.07) is 1.90. The molecule has 0 bridgehead atoms. The number of rotatable bonds is 4. The normalized spacial score (nSPS) is 16.0. The highest BCUT2D eigenvalue weighted by atomic mass is 35.5. The molecule has 0 saturated carbocycles. The number of halogens is 1. The number of fused-ring (bicyclic) bond motifs is 2. The van der Waals surface area contributed by atoms with E-state index in [2.05, 4.69) is 25.4 Å². The zero-order valence-corrected chi connectivity index (χ0v) is 14.7. The SMILES string of the molecule is O=c1c2sccc2[nH]c2c(NCCN3CCCCC3)nnc(Cl)c12. The van der Waals surface area contributed by atoms with Crippen LogP contribution in [0.3, 0.4) is 0 Å². The molecule has 0 atom stereocenters. The van der Waals surface area contributed by atoms with Crippen LogP contribution in [0.15, 0.2) is 16.2 Å². The summed E-state index contributed by atoms with van der Waals surface area (Å²) in [6.45, 7) is 4.02. The molecule has 0 radical (unpaired) electrons. The maximum Gasteiger partial charge on any atom is 0.210 e. The van der Waals surface area contributed by atoms with Gasteiger partial charge in [0.25, 0.3) is 0 Å². The van der Waals surface area contributed by atoms with Crippen molar-refractivity contribution in [3.05, 3.63) is 26.8 Å². The lowest BCUT2D eigenvalue weighted by Gasteiger charge is -2.26. The first-order valence-corrected chi connectivity index (χ1v) is 9.41. The number of nitrogens with one attached hydrogen (secondary N) is 2. The Morgan fingerprint density at radius 1 is 1.29 bits per heavy atom. The van der Waals surface area contributed by atoms with Crippen LogP contribution in [0.25, 0.3) is 21.1 Å². The highest BCUT2D eigenvalue weighted by Crippen LogP contribution is 2.26. The summed E-state index contributed by atoms with van der Waals surface area (Å²) in [4.78, 5) is 18.4. The predicted molar refractivity (Wildman–Crippen MR) is 99.3 cm³/mol. The molecule has 4 heterocycles. The van der Waals surface area contributed by atoms with Crippen molar-refractivity contribution < 1.29 is 0 Å². The lowest BCUT2D eigenvalue weighted by molar-refractivity contribution is 0.237. The van der Waals surface area contributed by atoms with Crippen LogP contribution in [0.5, 0.6) is 0 Å². The first-order chi connectivity index (χ1) is 11.7. The summed E-state index contributed by atoms with van der Waals surface area (Å²) in [5.74, 6) is 0.580. The fraction of sp³-hybridized carbons (Fsp3) is 0.438. The number of thiophene rings is 1. The van der Waals surface area contributed by atoms with Gasteiger partial charge in [-0.15, -0.1) is 21.5 Å². The van der Waals surface area contributed by atoms with Crippen molar-refractivity contribution in [3.63, 3.8) is 0 Å². The number of hydrogen-bond donors (Lipinski definition) is 2. The number of likely N-dealkylation sites (tertiary alicyclic amines) is 1. The number of H-pyrrole nitrogens is 1. The molecule has 3 aromatic heterocycles. The molecular weight excluding hydrogens is 346 g/mol. The van der Waals surface area contributed by atoms with Crippen LogP contribution in [-0.2, 0) is 0 Å². The number of aromatic amines is 1. The molecule has 8 heteroatoms. The molecule has 0 unspecified atom stereocenters. The molecule has 0 spiro atoms. The van der Waals surface area contributed by atoms with Crippen molar-refractivity contribution >= 4 is 49.9 Å². The summed E-state index contributed by atoms with van der Waals surface area (Å²) in [6.07, 6.45) is 3.87. The fourth-order valence-corrected chi connectivity index (χ4v) is 4.23. The number of aromatic nitrogens is 3. The van der Waals surface area contributed by atoms with Gasteiger partial charge in [-0.1, -0.05) is 18.0 Å². The van der Waals surface area contributed by atoms with Gasteiger partial charge in [-0.25, -0.2) is 0 Å². The molecule has 6 nitrogen and oxygen atoms in total. The fourth-order valence-electron chi connectivity index (χ4n) is 3.22. The zero-order chi connectivity index (χ0) is 16.5. The summed E-state index contributed by atoms with van der Waals surface area (Å²) in [7, 11) is 0. The molecule has 1 saturated heterocycles. The lowest BCUT2D eigenvalue weighted by atomic mass is 10.1. The molecule has 2 N–H and O–H groups in total. The Bertz CT molecular complexity index is 931. The lowest BCUT2D eigenvalue weighted by Crippen LogP contribution is -2.33. The number of pyridine rings is 1. The average Bonchev–Trinajstić information content (AvgIpc) is 3.07. The number of nitrogens with zero attached hydrogens (tertiary/aromatic N) is 3. The van der Waals surface area contributed by atoms with Gasteiger partial charge in [0.2, 0.25) is 5.43 Å². The maximum atomic E-state index is 12.6. The van der Waals surface area contributed by atoms with E-state index in [1.165, 1.54) is 30.6 Å². The molecule has 0 aliphatic carbocycles. The summed E-state index contributed by atoms with van der Waals surface area (Å²) in [5.41, 5.74) is 1.35. The van der Waals surface area contributed by atoms with Crippen LogP contribution in [0.1, 0.15) is 19.3 Å². The maximum absolute atomic E-state index is 12.6. The van der Waals surface area contributed by atoms with Crippen LogP contribution in [0.4, 0.5) is 5.82 Å². The quantitative estimate of drug-likeness (QED) is 0.745. The van der Waals surface area contributed by atoms with E-state index in [-0.39, 0.29) is 10.6 Å². The summed E-state index contributed by atoms with van der Waals surface area (Å²) < 4.78 is 0.664. The smallest absolute Gasteiger partial charge is 0.210 e. The Morgan fingerprint density at radius 3 is 2.96 bits per heavy atom. The van der Waals surface area contributed by atoms with Gasteiger partial charge in [-0.2, -0.15) is 0 Å². The third-order valence-electron chi connectivity index (χ3n) is 4.46. The van der Waals surface area contributed by atoms with E-state index in [0.29, 0.717) is 21.4 Å². The van der Waals surface area contributed by atoms with E-state index < -0.39 is 0 Å². The molecule has 4 rings (SSSR count). The van der Waals surface area contributed by atoms with Gasteiger partial charge >= 0.3 is 0 Å². The monoisotopic (exact) mass is 363 g/mol. The number of anilines is 1. The molecule has 1 aliphatic heterocycles. The van der Waals surface area contributed by atoms with Crippen LogP contribution in [0.2, 0.25) is 5.15 Å². The first kappa shape index (κ1) is 15.8. The Balaban J connectivity index is 1.64. The van der Waals surface area contributed by atoms with Gasteiger partial charge in [0, 0.05) is 13.1 Å². The second-order valence-corrected chi connectivity index (χ2v) is 7.31. The van der Waals surface area contributed by atoms with Crippen LogP contribution >= 0.6 is 22.9 Å². The third kappa shape index (κ3) is 2.87. The molecule has 24 heavy (non-hydrogen) atoms. The predicted octanol–water partition coefficient (Wildman–Crippen LogP) is 3.08. The van der Waals surface area contributed by atoms with Gasteiger partial charge < -0.3 is 15.2 Å². The Hall–Kier alpha value is -1.70. The van der Waals surface area contributed by atoms with Gasteiger partial charge in [0.1, 0.15) is 0 Å². The highest BCUT2D eigenvalue weighted by molar-refractivity contribution is 7.17. The van der Waals surface area contributed by atoms with Crippen molar-refractivity contribution in [3.8, 4) is 0 Å². The summed E-state index contributed by atoms with van der Waals surface area (Å²) in [5, 5.41) is 13.8. The molecule has 1 aliphatic rings. The molecule has 0 amide bonds. The summed E-state index contributed by atoms with van der Waals surface area (Å²) >= 11 is 7.53. The van der Waals surface area contributed by atoms with Crippen molar-refractivity contribution in [2.75, 3.05) is 31.5 Å². The molecule has 126 valence electrons. The van der Waals surface area contributed by atoms with Gasteiger partial charge in [-0.3, -0.25) is 4.79 Å². The van der Waals surface area contributed by atoms with E-state index in [0.717, 1.165) is 31.7 Å². The third-order valence-corrected chi connectivity index (χ3v) is 5.64. The van der Waals surface area contributed by atoms with E-state index in [4.69, 9.17) is 11.6 Å². The van der Waals surface area contributed by atoms with Crippen LogP contribution < -0.4 is 10.7 Å². The average molecular weight is 364 g/mol. The number of piperidine rings is 1. The topological polar surface area (TPSA) is 73.9 Å². The van der Waals surface area contributed by atoms with Gasteiger partial charge in [0.15, 0.2) is 11.0 Å². The Kier molecular flexibility index (Phi) is 4.39. The van der Waals surface area contributed by atoms with E-state index >= 15 is 0 Å². The minimum atomic E-state index is -0.0901.